The van der Waals surface area contributed by atoms with Gasteiger partial charge in [0.15, 0.2) is 0 Å². The van der Waals surface area contributed by atoms with Gasteiger partial charge in [-0.15, -0.1) is 0 Å². The van der Waals surface area contributed by atoms with Crippen molar-refractivity contribution in [3.63, 3.8) is 0 Å². The minimum absolute atomic E-state index is 0.0347. The lowest BCUT2D eigenvalue weighted by Crippen LogP contribution is -2.45. The number of hydrogen-bond acceptors (Lipinski definition) is 3. The Morgan fingerprint density at radius 3 is 2.33 bits per heavy atom. The highest BCUT2D eigenvalue weighted by atomic mass is 16.2. The molecule has 120 valence electrons. The first-order valence-electron chi connectivity index (χ1n) is 8.30. The smallest absolute Gasteiger partial charge is 0.223 e. The van der Waals surface area contributed by atoms with Gasteiger partial charge in [-0.25, -0.2) is 0 Å². The molecule has 0 aromatic carbocycles. The van der Waals surface area contributed by atoms with Crippen molar-refractivity contribution in [2.24, 2.45) is 17.1 Å². The highest BCUT2D eigenvalue weighted by Crippen LogP contribution is 2.39. The van der Waals surface area contributed by atoms with Crippen molar-refractivity contribution in [2.75, 3.05) is 26.7 Å². The third-order valence-corrected chi connectivity index (χ3v) is 5.34. The lowest BCUT2D eigenvalue weighted by atomic mass is 9.71. The monoisotopic (exact) mass is 295 g/mol. The summed E-state index contributed by atoms with van der Waals surface area (Å²) in [7, 11) is 1.67. The first-order chi connectivity index (χ1) is 10.1. The second-order valence-electron chi connectivity index (χ2n) is 6.71. The summed E-state index contributed by atoms with van der Waals surface area (Å²) in [6.45, 7) is 2.03. The zero-order valence-corrected chi connectivity index (χ0v) is 13.2. The molecule has 0 aromatic heterocycles. The summed E-state index contributed by atoms with van der Waals surface area (Å²) in [4.78, 5) is 26.1. The number of nitrogens with one attached hydrogen (secondary N) is 1. The van der Waals surface area contributed by atoms with Crippen LogP contribution in [0.15, 0.2) is 0 Å². The average Bonchev–Trinajstić information content (AvgIpc) is 2.55. The van der Waals surface area contributed by atoms with Crippen molar-refractivity contribution in [1.82, 2.24) is 10.2 Å². The summed E-state index contributed by atoms with van der Waals surface area (Å²) in [6, 6.07) is 0. The van der Waals surface area contributed by atoms with E-state index in [0.29, 0.717) is 26.1 Å². The largest absolute Gasteiger partial charge is 0.359 e. The third-order valence-electron chi connectivity index (χ3n) is 5.34. The van der Waals surface area contributed by atoms with E-state index in [4.69, 9.17) is 5.73 Å². The Hall–Kier alpha value is -1.10. The molecule has 0 bridgehead atoms. The fourth-order valence-corrected chi connectivity index (χ4v) is 3.78. The molecule has 3 N–H and O–H groups in total. The summed E-state index contributed by atoms with van der Waals surface area (Å²) in [5, 5.41) is 2.70. The van der Waals surface area contributed by atoms with Crippen LogP contribution in [0, 0.1) is 11.3 Å². The molecule has 0 radical (unpaired) electrons. The van der Waals surface area contributed by atoms with Gasteiger partial charge in [0.25, 0.3) is 0 Å². The van der Waals surface area contributed by atoms with Crippen LogP contribution in [0.2, 0.25) is 0 Å². The number of nitrogens with two attached hydrogens (primary N) is 1. The van der Waals surface area contributed by atoms with Crippen molar-refractivity contribution in [2.45, 2.75) is 51.4 Å². The van der Waals surface area contributed by atoms with E-state index in [0.717, 1.165) is 25.7 Å². The molecule has 0 atom stereocenters. The molecule has 1 saturated heterocycles. The summed E-state index contributed by atoms with van der Waals surface area (Å²) in [6.07, 6.45) is 7.99. The van der Waals surface area contributed by atoms with Crippen molar-refractivity contribution < 1.29 is 9.59 Å². The molecule has 1 aliphatic carbocycles. The fourth-order valence-electron chi connectivity index (χ4n) is 3.78. The summed E-state index contributed by atoms with van der Waals surface area (Å²) < 4.78 is 0. The molecular weight excluding hydrogens is 266 g/mol. The zero-order chi connectivity index (χ0) is 15.3. The maximum Gasteiger partial charge on any atom is 0.223 e. The number of amides is 2. The first-order valence-corrected chi connectivity index (χ1v) is 8.30. The van der Waals surface area contributed by atoms with Crippen molar-refractivity contribution in [3.05, 3.63) is 0 Å². The number of likely N-dealkylation sites (tertiary alicyclic amines) is 1. The topological polar surface area (TPSA) is 75.4 Å². The predicted octanol–water partition coefficient (Wildman–Crippen LogP) is 1.27. The van der Waals surface area contributed by atoms with Crippen molar-refractivity contribution in [3.8, 4) is 0 Å². The molecule has 5 heteroatoms. The van der Waals surface area contributed by atoms with E-state index in [1.165, 1.54) is 19.3 Å². The van der Waals surface area contributed by atoms with E-state index in [1.54, 1.807) is 7.05 Å². The van der Waals surface area contributed by atoms with Crippen LogP contribution < -0.4 is 11.1 Å². The first kappa shape index (κ1) is 16.3. The Morgan fingerprint density at radius 1 is 1.19 bits per heavy atom. The van der Waals surface area contributed by atoms with Gasteiger partial charge in [-0.1, -0.05) is 19.3 Å². The molecular formula is C16H29N3O2. The quantitative estimate of drug-likeness (QED) is 0.820. The van der Waals surface area contributed by atoms with Gasteiger partial charge >= 0.3 is 0 Å². The fraction of sp³-hybridized carbons (Fsp3) is 0.875. The van der Waals surface area contributed by atoms with Crippen LogP contribution in [-0.4, -0.2) is 43.4 Å². The van der Waals surface area contributed by atoms with Crippen LogP contribution in [0.4, 0.5) is 0 Å². The molecule has 1 aliphatic heterocycles. The second-order valence-corrected chi connectivity index (χ2v) is 6.71. The van der Waals surface area contributed by atoms with Crippen LogP contribution in [0.1, 0.15) is 51.4 Å². The van der Waals surface area contributed by atoms with Crippen LogP contribution in [0.3, 0.4) is 0 Å². The Balaban J connectivity index is 1.85. The molecule has 2 rings (SSSR count). The number of carbonyl (C=O) groups excluding carboxylic acids is 2. The van der Waals surface area contributed by atoms with Gasteiger partial charge in [0.1, 0.15) is 0 Å². The highest BCUT2D eigenvalue weighted by molar-refractivity contribution is 5.80. The van der Waals surface area contributed by atoms with Gasteiger partial charge in [0.05, 0.1) is 0 Å². The second kappa shape index (κ2) is 7.25. The zero-order valence-electron chi connectivity index (χ0n) is 13.2. The van der Waals surface area contributed by atoms with Gasteiger partial charge in [-0.3, -0.25) is 9.59 Å². The van der Waals surface area contributed by atoms with E-state index < -0.39 is 0 Å². The average molecular weight is 295 g/mol. The summed E-state index contributed by atoms with van der Waals surface area (Å²) in [5.74, 6) is 0.405. The van der Waals surface area contributed by atoms with Crippen molar-refractivity contribution in [1.29, 1.82) is 0 Å². The molecule has 2 fully saturated rings. The Labute approximate surface area is 127 Å². The maximum atomic E-state index is 12.5. The predicted molar refractivity (Wildman–Crippen MR) is 82.6 cm³/mol. The summed E-state index contributed by atoms with van der Waals surface area (Å²) >= 11 is 0. The number of piperidine rings is 1. The van der Waals surface area contributed by atoms with E-state index in [9.17, 15) is 9.59 Å². The lowest BCUT2D eigenvalue weighted by Gasteiger charge is -2.38. The number of carbonyl (C=O) groups is 2. The molecule has 2 aliphatic rings. The van der Waals surface area contributed by atoms with Crippen LogP contribution in [0.25, 0.3) is 0 Å². The molecule has 2 amide bonds. The lowest BCUT2D eigenvalue weighted by molar-refractivity contribution is -0.138. The standard InChI is InChI=1S/C16H29N3O2/c1-18-15(21)13-5-9-19(10-6-13)14(20)11-16(12-17)7-3-2-4-8-16/h13H,2-12,17H2,1H3,(H,18,21). The Morgan fingerprint density at radius 2 is 1.81 bits per heavy atom. The van der Waals surface area contributed by atoms with Crippen LogP contribution >= 0.6 is 0 Å². The Bertz CT molecular complexity index is 370. The number of hydrogen-bond donors (Lipinski definition) is 2. The molecule has 1 saturated carbocycles. The minimum Gasteiger partial charge on any atom is -0.359 e. The van der Waals surface area contributed by atoms with E-state index in [1.807, 2.05) is 4.90 Å². The minimum atomic E-state index is 0.0347. The van der Waals surface area contributed by atoms with Crippen LogP contribution in [-0.2, 0) is 9.59 Å². The van der Waals surface area contributed by atoms with Gasteiger partial charge in [-0.05, 0) is 37.6 Å². The Kier molecular flexibility index (Phi) is 5.62. The number of rotatable bonds is 4. The van der Waals surface area contributed by atoms with Crippen molar-refractivity contribution >= 4 is 11.8 Å². The van der Waals surface area contributed by atoms with E-state index >= 15 is 0 Å². The maximum absolute atomic E-state index is 12.5. The van der Waals surface area contributed by atoms with Gasteiger partial charge in [0.2, 0.25) is 11.8 Å². The molecule has 1 heterocycles. The third kappa shape index (κ3) is 3.96. The number of nitrogens with zero attached hydrogens (tertiary/aromatic N) is 1. The van der Waals surface area contributed by atoms with E-state index in [2.05, 4.69) is 5.32 Å². The molecule has 0 unspecified atom stereocenters. The SMILES string of the molecule is CNC(=O)C1CCN(C(=O)CC2(CN)CCCCC2)CC1. The van der Waals surface area contributed by atoms with Gasteiger partial charge in [-0.2, -0.15) is 0 Å². The van der Waals surface area contributed by atoms with Crippen LogP contribution in [0.5, 0.6) is 0 Å². The van der Waals surface area contributed by atoms with E-state index in [-0.39, 0.29) is 23.1 Å². The molecule has 0 aromatic rings. The molecule has 5 nitrogen and oxygen atoms in total. The van der Waals surface area contributed by atoms with Gasteiger partial charge < -0.3 is 16.0 Å². The van der Waals surface area contributed by atoms with Gasteiger partial charge in [0, 0.05) is 32.5 Å². The molecule has 0 spiro atoms. The summed E-state index contributed by atoms with van der Waals surface area (Å²) in [5.41, 5.74) is 6.01. The highest BCUT2D eigenvalue weighted by Gasteiger charge is 2.35. The molecule has 21 heavy (non-hydrogen) atoms. The normalized spacial score (nSPS) is 22.9.